The van der Waals surface area contributed by atoms with E-state index in [1.165, 1.54) is 18.2 Å². The van der Waals surface area contributed by atoms with Crippen molar-refractivity contribution in [2.45, 2.75) is 37.9 Å². The first-order valence-electron chi connectivity index (χ1n) is 7.05. The lowest BCUT2D eigenvalue weighted by Gasteiger charge is -2.37. The number of hydrogen-bond donors (Lipinski definition) is 2. The predicted octanol–water partition coefficient (Wildman–Crippen LogP) is 4.37. The second kappa shape index (κ2) is 6.32. The van der Waals surface area contributed by atoms with Crippen LogP contribution >= 0.6 is 11.6 Å². The monoisotopic (exact) mass is 344 g/mol. The molecule has 124 valence electrons. The predicted molar refractivity (Wildman–Crippen MR) is 83.1 cm³/mol. The average Bonchev–Trinajstić information content (AvgIpc) is 2.44. The van der Waals surface area contributed by atoms with Gasteiger partial charge in [0.05, 0.1) is 0 Å². The number of alkyl halides is 4. The highest BCUT2D eigenvalue weighted by atomic mass is 35.5. The summed E-state index contributed by atoms with van der Waals surface area (Å²) in [6.45, 7) is 3.72. The molecular formula is C16H16ClF3N2O. The van der Waals surface area contributed by atoms with E-state index in [0.29, 0.717) is 12.0 Å². The molecule has 3 nitrogen and oxygen atoms in total. The van der Waals surface area contributed by atoms with Gasteiger partial charge in [-0.3, -0.25) is 0 Å². The molecule has 0 spiro atoms. The topological polar surface area (TPSA) is 41.1 Å². The summed E-state index contributed by atoms with van der Waals surface area (Å²) in [6, 6.07) is 3.29. The Morgan fingerprint density at radius 2 is 2.04 bits per heavy atom. The molecule has 0 aromatic heterocycles. The maximum Gasteiger partial charge on any atom is 0.427 e. The maximum atomic E-state index is 13.8. The van der Waals surface area contributed by atoms with Crippen molar-refractivity contribution in [3.63, 3.8) is 0 Å². The molecule has 1 aliphatic rings. The lowest BCUT2D eigenvalue weighted by Crippen LogP contribution is -2.59. The summed E-state index contributed by atoms with van der Waals surface area (Å²) >= 11 is 5.71. The third-order valence-corrected chi connectivity index (χ3v) is 3.71. The zero-order valence-electron chi connectivity index (χ0n) is 12.6. The van der Waals surface area contributed by atoms with Crippen molar-refractivity contribution in [2.24, 2.45) is 5.92 Å². The fraction of sp³-hybridized carbons (Fsp3) is 0.438. The summed E-state index contributed by atoms with van der Waals surface area (Å²) in [5, 5.41) is 4.34. The molecule has 1 heterocycles. The van der Waals surface area contributed by atoms with Crippen molar-refractivity contribution in [2.75, 3.05) is 5.32 Å². The van der Waals surface area contributed by atoms with E-state index < -0.39 is 17.7 Å². The van der Waals surface area contributed by atoms with Crippen molar-refractivity contribution in [3.05, 3.63) is 29.3 Å². The first-order chi connectivity index (χ1) is 10.7. The molecule has 0 radical (unpaired) electrons. The maximum absolute atomic E-state index is 13.8. The molecule has 2 N–H and O–H groups in total. The molecular weight excluding hydrogens is 329 g/mol. The van der Waals surface area contributed by atoms with Gasteiger partial charge in [-0.25, -0.2) is 4.79 Å². The largest absolute Gasteiger partial charge is 0.427 e. The first-order valence-corrected chi connectivity index (χ1v) is 7.58. The minimum absolute atomic E-state index is 0.0723. The Bertz CT molecular complexity index is 676. The van der Waals surface area contributed by atoms with Gasteiger partial charge in [0.2, 0.25) is 5.54 Å². The molecule has 1 aliphatic heterocycles. The normalized spacial score (nSPS) is 20.2. The number of hydrogen-bond acceptors (Lipinski definition) is 1. The zero-order valence-corrected chi connectivity index (χ0v) is 13.4. The van der Waals surface area contributed by atoms with Crippen LogP contribution in [0.25, 0.3) is 0 Å². The number of nitrogens with one attached hydrogen (secondary N) is 2. The molecule has 0 aliphatic carbocycles. The summed E-state index contributed by atoms with van der Waals surface area (Å²) < 4.78 is 41.4. The Hall–Kier alpha value is -1.87. The smallest absolute Gasteiger partial charge is 0.310 e. The Balaban J connectivity index is 2.63. The van der Waals surface area contributed by atoms with Crippen LogP contribution in [0.5, 0.6) is 0 Å². The number of anilines is 1. The molecule has 2 amide bonds. The lowest BCUT2D eigenvalue weighted by atomic mass is 9.85. The highest BCUT2D eigenvalue weighted by Crippen LogP contribution is 2.44. The molecule has 0 bridgehead atoms. The Morgan fingerprint density at radius 3 is 2.61 bits per heavy atom. The second-order valence-corrected chi connectivity index (χ2v) is 6.01. The lowest BCUT2D eigenvalue weighted by molar-refractivity contribution is -0.178. The number of amides is 2. The molecule has 0 saturated heterocycles. The number of carbonyl (C=O) groups excluding carboxylic acids is 1. The van der Waals surface area contributed by atoms with Gasteiger partial charge in [-0.15, -0.1) is 11.6 Å². The third-order valence-electron chi connectivity index (χ3n) is 3.40. The minimum Gasteiger partial charge on any atom is -0.310 e. The molecule has 0 saturated carbocycles. The van der Waals surface area contributed by atoms with E-state index in [-0.39, 0.29) is 23.0 Å². The SMILES string of the molecule is CC(C)CC#CC1(C(F)(F)F)NC(=O)Nc2cc(CCl)ccc21. The number of benzene rings is 1. The van der Waals surface area contributed by atoms with Gasteiger partial charge in [-0.2, -0.15) is 13.2 Å². The van der Waals surface area contributed by atoms with Crippen LogP contribution in [-0.4, -0.2) is 12.2 Å². The molecule has 23 heavy (non-hydrogen) atoms. The van der Waals surface area contributed by atoms with Gasteiger partial charge in [-0.1, -0.05) is 37.8 Å². The van der Waals surface area contributed by atoms with Gasteiger partial charge in [0, 0.05) is 23.6 Å². The van der Waals surface area contributed by atoms with E-state index in [4.69, 9.17) is 11.6 Å². The van der Waals surface area contributed by atoms with Crippen LogP contribution < -0.4 is 10.6 Å². The Labute approximate surface area is 137 Å². The summed E-state index contributed by atoms with van der Waals surface area (Å²) in [6.07, 6.45) is -4.46. The van der Waals surface area contributed by atoms with Gasteiger partial charge in [0.15, 0.2) is 0 Å². The quantitative estimate of drug-likeness (QED) is 0.607. The molecule has 1 aromatic rings. The molecule has 7 heteroatoms. The van der Waals surface area contributed by atoms with Crippen LogP contribution in [0.3, 0.4) is 0 Å². The van der Waals surface area contributed by atoms with E-state index in [2.05, 4.69) is 17.2 Å². The standard InChI is InChI=1S/C16H16ClF3N2O/c1-10(2)4-3-7-15(16(18,19)20)12-6-5-11(9-17)8-13(12)21-14(23)22-15/h5-6,8,10H,4,9H2,1-2H3,(H2,21,22,23). The van der Waals surface area contributed by atoms with Crippen LogP contribution in [0.2, 0.25) is 0 Å². The van der Waals surface area contributed by atoms with E-state index in [1.54, 1.807) is 0 Å². The Kier molecular flexibility index (Phi) is 4.81. The van der Waals surface area contributed by atoms with Crippen LogP contribution in [0, 0.1) is 17.8 Å². The molecule has 1 atom stereocenters. The summed E-state index contributed by atoms with van der Waals surface area (Å²) in [7, 11) is 0. The first kappa shape index (κ1) is 17.5. The van der Waals surface area contributed by atoms with Crippen molar-refractivity contribution >= 4 is 23.3 Å². The van der Waals surface area contributed by atoms with Gasteiger partial charge >= 0.3 is 12.2 Å². The van der Waals surface area contributed by atoms with Gasteiger partial charge < -0.3 is 10.6 Å². The zero-order chi connectivity index (χ0) is 17.3. The fourth-order valence-corrected chi connectivity index (χ4v) is 2.44. The van der Waals surface area contributed by atoms with Gasteiger partial charge in [0.1, 0.15) is 0 Å². The van der Waals surface area contributed by atoms with Crippen molar-refractivity contribution in [1.82, 2.24) is 5.32 Å². The van der Waals surface area contributed by atoms with Gasteiger partial charge in [-0.05, 0) is 17.5 Å². The Morgan fingerprint density at radius 1 is 1.35 bits per heavy atom. The minimum atomic E-state index is -4.76. The summed E-state index contributed by atoms with van der Waals surface area (Å²) in [5.74, 6) is 5.07. The molecule has 1 aromatic carbocycles. The third kappa shape index (κ3) is 3.40. The van der Waals surface area contributed by atoms with Crippen molar-refractivity contribution in [1.29, 1.82) is 0 Å². The van der Waals surface area contributed by atoms with Gasteiger partial charge in [0.25, 0.3) is 0 Å². The summed E-state index contributed by atoms with van der Waals surface area (Å²) in [5.41, 5.74) is -2.17. The number of halogens is 4. The fourth-order valence-electron chi connectivity index (χ4n) is 2.28. The number of carbonyl (C=O) groups is 1. The highest BCUT2D eigenvalue weighted by Gasteiger charge is 2.59. The van der Waals surface area contributed by atoms with Crippen molar-refractivity contribution in [3.8, 4) is 11.8 Å². The molecule has 1 unspecified atom stereocenters. The van der Waals surface area contributed by atoms with Crippen LogP contribution in [0.15, 0.2) is 18.2 Å². The molecule has 2 rings (SSSR count). The van der Waals surface area contributed by atoms with E-state index >= 15 is 0 Å². The van der Waals surface area contributed by atoms with E-state index in [9.17, 15) is 18.0 Å². The van der Waals surface area contributed by atoms with E-state index in [1.807, 2.05) is 19.2 Å². The highest BCUT2D eigenvalue weighted by molar-refractivity contribution is 6.17. The molecule has 0 fully saturated rings. The summed E-state index contributed by atoms with van der Waals surface area (Å²) in [4.78, 5) is 11.8. The van der Waals surface area contributed by atoms with Crippen LogP contribution in [0.4, 0.5) is 23.7 Å². The van der Waals surface area contributed by atoms with E-state index in [0.717, 1.165) is 0 Å². The number of fused-ring (bicyclic) bond motifs is 1. The van der Waals surface area contributed by atoms with Crippen LogP contribution in [-0.2, 0) is 11.4 Å². The number of urea groups is 1. The average molecular weight is 345 g/mol. The second-order valence-electron chi connectivity index (χ2n) is 5.74. The van der Waals surface area contributed by atoms with Crippen LogP contribution in [0.1, 0.15) is 31.4 Å². The number of rotatable bonds is 2. The van der Waals surface area contributed by atoms with Crippen molar-refractivity contribution < 1.29 is 18.0 Å².